The van der Waals surface area contributed by atoms with Crippen molar-refractivity contribution in [2.24, 2.45) is 0 Å². The normalized spacial score (nSPS) is 11.1. The van der Waals surface area contributed by atoms with Gasteiger partial charge in [0.1, 0.15) is 5.75 Å². The van der Waals surface area contributed by atoms with Crippen LogP contribution in [0, 0.1) is 6.92 Å². The van der Waals surface area contributed by atoms with Crippen molar-refractivity contribution in [2.75, 3.05) is 7.11 Å². The predicted octanol–water partition coefficient (Wildman–Crippen LogP) is 3.53. The number of ether oxygens (including phenoxy) is 1. The van der Waals surface area contributed by atoms with E-state index in [9.17, 15) is 4.79 Å². The van der Waals surface area contributed by atoms with Crippen LogP contribution < -0.4 is 4.74 Å². The highest BCUT2D eigenvalue weighted by atomic mass is 16.5. The molecule has 0 atom stereocenters. The highest BCUT2D eigenvalue weighted by Gasteiger charge is 2.19. The van der Waals surface area contributed by atoms with Crippen molar-refractivity contribution in [3.05, 3.63) is 65.2 Å². The Hall–Kier alpha value is -3.48. The molecule has 0 aliphatic carbocycles. The summed E-state index contributed by atoms with van der Waals surface area (Å²) in [6.07, 6.45) is 0.420. The number of pyridine rings is 1. The Morgan fingerprint density at radius 1 is 1.10 bits per heavy atom. The zero-order valence-electron chi connectivity index (χ0n) is 16.8. The number of aromatic nitrogens is 4. The van der Waals surface area contributed by atoms with Crippen molar-refractivity contribution in [3.63, 3.8) is 0 Å². The van der Waals surface area contributed by atoms with Gasteiger partial charge < -0.3 is 9.64 Å². The van der Waals surface area contributed by atoms with Crippen LogP contribution in [0.1, 0.15) is 30.0 Å². The molecule has 4 aromatic rings. The van der Waals surface area contributed by atoms with Gasteiger partial charge in [-0.3, -0.25) is 4.79 Å². The van der Waals surface area contributed by atoms with E-state index in [4.69, 9.17) is 4.74 Å². The number of rotatable bonds is 6. The number of carbonyl (C=O) groups excluding carboxylic acids is 1. The Morgan fingerprint density at radius 3 is 2.69 bits per heavy atom. The lowest BCUT2D eigenvalue weighted by Crippen LogP contribution is -2.29. The molecular formula is C22H23N5O2. The summed E-state index contributed by atoms with van der Waals surface area (Å²) in [4.78, 5) is 14.6. The summed E-state index contributed by atoms with van der Waals surface area (Å²) < 4.78 is 7.23. The van der Waals surface area contributed by atoms with Crippen molar-refractivity contribution in [1.82, 2.24) is 24.9 Å². The van der Waals surface area contributed by atoms with Gasteiger partial charge in [0.15, 0.2) is 5.65 Å². The first-order valence-electron chi connectivity index (χ1n) is 9.61. The molecule has 0 saturated heterocycles. The topological polar surface area (TPSA) is 72.6 Å². The van der Waals surface area contributed by atoms with Crippen molar-refractivity contribution in [2.45, 2.75) is 33.4 Å². The molecule has 0 N–H and O–H groups in total. The van der Waals surface area contributed by atoms with Gasteiger partial charge in [0.2, 0.25) is 5.91 Å². The van der Waals surface area contributed by atoms with E-state index >= 15 is 0 Å². The van der Waals surface area contributed by atoms with Gasteiger partial charge in [0.25, 0.3) is 0 Å². The Morgan fingerprint density at radius 2 is 1.90 bits per heavy atom. The quantitative estimate of drug-likeness (QED) is 0.504. The van der Waals surface area contributed by atoms with Crippen LogP contribution in [0.25, 0.3) is 16.6 Å². The SMILES string of the molecule is CCC(=O)N(Cc1ccccc1OC)Cc1cc2cccc(C)c2n2nnnc12. The summed E-state index contributed by atoms with van der Waals surface area (Å²) in [6, 6.07) is 15.9. The minimum absolute atomic E-state index is 0.0610. The molecule has 0 fully saturated rings. The van der Waals surface area contributed by atoms with Crippen molar-refractivity contribution >= 4 is 22.5 Å². The lowest BCUT2D eigenvalue weighted by atomic mass is 10.1. The van der Waals surface area contributed by atoms with Crippen LogP contribution in [0.4, 0.5) is 0 Å². The highest BCUT2D eigenvalue weighted by Crippen LogP contribution is 2.25. The van der Waals surface area contributed by atoms with Crippen LogP contribution in [0.3, 0.4) is 0 Å². The first-order valence-corrected chi connectivity index (χ1v) is 9.61. The fraction of sp³-hybridized carbons (Fsp3) is 0.273. The van der Waals surface area contributed by atoms with E-state index in [-0.39, 0.29) is 5.91 Å². The third-order valence-corrected chi connectivity index (χ3v) is 5.14. The van der Waals surface area contributed by atoms with Gasteiger partial charge in [-0.25, -0.2) is 0 Å². The van der Waals surface area contributed by atoms with E-state index in [0.29, 0.717) is 25.2 Å². The molecular weight excluding hydrogens is 366 g/mol. The maximum absolute atomic E-state index is 12.7. The highest BCUT2D eigenvalue weighted by molar-refractivity contribution is 5.86. The summed E-state index contributed by atoms with van der Waals surface area (Å²) in [5.41, 5.74) is 4.62. The van der Waals surface area contributed by atoms with Crippen LogP contribution in [-0.4, -0.2) is 38.0 Å². The smallest absolute Gasteiger partial charge is 0.222 e. The number of aryl methyl sites for hydroxylation is 1. The van der Waals surface area contributed by atoms with Gasteiger partial charge in [0.05, 0.1) is 12.6 Å². The van der Waals surface area contributed by atoms with Crippen LogP contribution in [0.5, 0.6) is 5.75 Å². The summed E-state index contributed by atoms with van der Waals surface area (Å²) in [6.45, 7) is 4.78. The number of carbonyl (C=O) groups is 1. The molecule has 7 nitrogen and oxygen atoms in total. The van der Waals surface area contributed by atoms with Crippen molar-refractivity contribution in [3.8, 4) is 5.75 Å². The molecule has 2 aromatic heterocycles. The number of methoxy groups -OCH3 is 1. The van der Waals surface area contributed by atoms with Crippen LogP contribution in [0.2, 0.25) is 0 Å². The molecule has 2 aromatic carbocycles. The van der Waals surface area contributed by atoms with Crippen LogP contribution >= 0.6 is 0 Å². The molecule has 2 heterocycles. The first-order chi connectivity index (χ1) is 14.1. The molecule has 29 heavy (non-hydrogen) atoms. The third kappa shape index (κ3) is 3.51. The largest absolute Gasteiger partial charge is 0.496 e. The molecule has 0 saturated carbocycles. The number of hydrogen-bond acceptors (Lipinski definition) is 5. The number of benzene rings is 2. The minimum Gasteiger partial charge on any atom is -0.496 e. The second-order valence-corrected chi connectivity index (χ2v) is 7.01. The average Bonchev–Trinajstić information content (AvgIpc) is 3.23. The molecule has 0 unspecified atom stereocenters. The number of fused-ring (bicyclic) bond motifs is 3. The Kier molecular flexibility index (Phi) is 5.12. The average molecular weight is 389 g/mol. The van der Waals surface area contributed by atoms with Gasteiger partial charge >= 0.3 is 0 Å². The molecule has 0 aliphatic rings. The second-order valence-electron chi connectivity index (χ2n) is 7.01. The lowest BCUT2D eigenvalue weighted by Gasteiger charge is -2.24. The molecule has 0 aliphatic heterocycles. The second kappa shape index (κ2) is 7.87. The van der Waals surface area contributed by atoms with Gasteiger partial charge in [0, 0.05) is 36.0 Å². The summed E-state index contributed by atoms with van der Waals surface area (Å²) >= 11 is 0. The summed E-state index contributed by atoms with van der Waals surface area (Å²) in [7, 11) is 1.64. The lowest BCUT2D eigenvalue weighted by molar-refractivity contribution is -0.132. The standard InChI is InChI=1S/C22H23N5O2/c1-4-20(28)26(13-17-9-5-6-11-19(17)29-3)14-18-12-16-10-7-8-15(2)21(16)27-22(18)23-24-25-27/h5-12H,4,13-14H2,1-3H3. The van der Waals surface area contributed by atoms with Crippen molar-refractivity contribution in [1.29, 1.82) is 0 Å². The summed E-state index contributed by atoms with van der Waals surface area (Å²) in [5.74, 6) is 0.829. The number of amides is 1. The first kappa shape index (κ1) is 18.9. The molecule has 4 rings (SSSR count). The fourth-order valence-electron chi connectivity index (χ4n) is 3.69. The fourth-order valence-corrected chi connectivity index (χ4v) is 3.69. The van der Waals surface area contributed by atoms with Crippen molar-refractivity contribution < 1.29 is 9.53 Å². The number of hydrogen-bond donors (Lipinski definition) is 0. The predicted molar refractivity (Wildman–Crippen MR) is 111 cm³/mol. The third-order valence-electron chi connectivity index (χ3n) is 5.14. The van der Waals surface area contributed by atoms with Gasteiger partial charge in [-0.2, -0.15) is 4.52 Å². The van der Waals surface area contributed by atoms with E-state index in [0.717, 1.165) is 33.3 Å². The maximum atomic E-state index is 12.7. The molecule has 7 heteroatoms. The zero-order chi connectivity index (χ0) is 20.4. The summed E-state index contributed by atoms with van der Waals surface area (Å²) in [5, 5.41) is 13.3. The molecule has 0 spiro atoms. The van der Waals surface area contributed by atoms with Crippen LogP contribution in [0.15, 0.2) is 48.5 Å². The van der Waals surface area contributed by atoms with E-state index in [2.05, 4.69) is 21.6 Å². The van der Waals surface area contributed by atoms with Gasteiger partial charge in [-0.15, -0.1) is 5.10 Å². The zero-order valence-corrected chi connectivity index (χ0v) is 16.8. The van der Waals surface area contributed by atoms with Gasteiger partial charge in [-0.05, 0) is 35.0 Å². The maximum Gasteiger partial charge on any atom is 0.222 e. The Balaban J connectivity index is 1.77. The Bertz CT molecular complexity index is 1180. The number of para-hydroxylation sites is 2. The Labute approximate surface area is 168 Å². The van der Waals surface area contributed by atoms with E-state index in [1.54, 1.807) is 11.6 Å². The number of nitrogens with zero attached hydrogens (tertiary/aromatic N) is 5. The monoisotopic (exact) mass is 389 g/mol. The van der Waals surface area contributed by atoms with E-state index < -0.39 is 0 Å². The van der Waals surface area contributed by atoms with E-state index in [1.807, 2.05) is 61.2 Å². The van der Waals surface area contributed by atoms with Crippen LogP contribution in [-0.2, 0) is 17.9 Å². The number of tetrazole rings is 1. The van der Waals surface area contributed by atoms with Gasteiger partial charge in [-0.1, -0.05) is 43.3 Å². The minimum atomic E-state index is 0.0610. The molecule has 0 bridgehead atoms. The molecule has 148 valence electrons. The molecule has 0 radical (unpaired) electrons. The van der Waals surface area contributed by atoms with E-state index in [1.165, 1.54) is 0 Å². The molecule has 1 amide bonds.